The predicted octanol–water partition coefficient (Wildman–Crippen LogP) is 4.75. The van der Waals surface area contributed by atoms with E-state index in [1.165, 1.54) is 0 Å². The Balaban J connectivity index is 1.45. The van der Waals surface area contributed by atoms with E-state index < -0.39 is 0 Å². The number of carbonyl (C=O) groups excluding carboxylic acids is 1. The number of para-hydroxylation sites is 1. The predicted molar refractivity (Wildman–Crippen MR) is 96.2 cm³/mol. The lowest BCUT2D eigenvalue weighted by atomic mass is 10.2. The first-order valence-electron chi connectivity index (χ1n) is 7.32. The second kappa shape index (κ2) is 7.57. The third-order valence-corrected chi connectivity index (χ3v) is 4.77. The molecule has 118 valence electrons. The zero-order valence-corrected chi connectivity index (χ0v) is 14.0. The summed E-state index contributed by atoms with van der Waals surface area (Å²) in [4.78, 5) is 12.1. The third-order valence-electron chi connectivity index (χ3n) is 3.40. The fraction of sp³-hybridized carbons (Fsp3) is 0.167. The first kappa shape index (κ1) is 16.0. The van der Waals surface area contributed by atoms with Gasteiger partial charge in [-0.3, -0.25) is 4.79 Å². The van der Waals surface area contributed by atoms with Gasteiger partial charge in [0, 0.05) is 28.5 Å². The highest BCUT2D eigenvalue weighted by Gasteiger charge is 2.11. The molecule has 3 rings (SSSR count). The van der Waals surface area contributed by atoms with Crippen LogP contribution >= 0.6 is 23.4 Å². The molecule has 23 heavy (non-hydrogen) atoms. The molecule has 0 bridgehead atoms. The SMILES string of the molecule is O=C(NCCSCc1ccccc1Cl)c1cc2ccccc2o1. The highest BCUT2D eigenvalue weighted by molar-refractivity contribution is 7.98. The lowest BCUT2D eigenvalue weighted by Gasteiger charge is -2.05. The van der Waals surface area contributed by atoms with Gasteiger partial charge < -0.3 is 9.73 Å². The fourth-order valence-electron chi connectivity index (χ4n) is 2.22. The summed E-state index contributed by atoms with van der Waals surface area (Å²) in [5.74, 6) is 1.82. The number of amides is 1. The molecule has 0 saturated heterocycles. The Kier molecular flexibility index (Phi) is 5.26. The number of rotatable bonds is 6. The zero-order chi connectivity index (χ0) is 16.1. The van der Waals surface area contributed by atoms with Crippen molar-refractivity contribution >= 4 is 40.2 Å². The van der Waals surface area contributed by atoms with Gasteiger partial charge in [-0.05, 0) is 23.8 Å². The molecular formula is C18H16ClNO2S. The van der Waals surface area contributed by atoms with Crippen molar-refractivity contribution < 1.29 is 9.21 Å². The minimum Gasteiger partial charge on any atom is -0.451 e. The summed E-state index contributed by atoms with van der Waals surface area (Å²) in [7, 11) is 0. The molecule has 1 amide bonds. The number of benzene rings is 2. The quantitative estimate of drug-likeness (QED) is 0.655. The van der Waals surface area contributed by atoms with E-state index in [2.05, 4.69) is 5.32 Å². The van der Waals surface area contributed by atoms with Crippen molar-refractivity contribution in [2.24, 2.45) is 0 Å². The van der Waals surface area contributed by atoms with Crippen LogP contribution in [0.5, 0.6) is 0 Å². The lowest BCUT2D eigenvalue weighted by molar-refractivity contribution is 0.0930. The molecule has 1 N–H and O–H groups in total. The van der Waals surface area contributed by atoms with Gasteiger partial charge in [0.1, 0.15) is 5.58 Å². The monoisotopic (exact) mass is 345 g/mol. The zero-order valence-electron chi connectivity index (χ0n) is 12.4. The molecule has 0 fully saturated rings. The maximum absolute atomic E-state index is 12.1. The molecule has 0 aliphatic carbocycles. The van der Waals surface area contributed by atoms with Crippen molar-refractivity contribution in [3.63, 3.8) is 0 Å². The summed E-state index contributed by atoms with van der Waals surface area (Å²) in [5, 5.41) is 4.59. The molecule has 2 aromatic carbocycles. The Morgan fingerprint density at radius 3 is 2.74 bits per heavy atom. The van der Waals surface area contributed by atoms with Gasteiger partial charge in [-0.15, -0.1) is 0 Å². The Bertz CT molecular complexity index is 782. The van der Waals surface area contributed by atoms with Crippen LogP contribution in [0.25, 0.3) is 11.0 Å². The van der Waals surface area contributed by atoms with Gasteiger partial charge in [-0.1, -0.05) is 48.0 Å². The Labute approximate surface area is 144 Å². The topological polar surface area (TPSA) is 42.2 Å². The molecule has 0 saturated carbocycles. The molecule has 0 aliphatic rings. The summed E-state index contributed by atoms with van der Waals surface area (Å²) in [6.45, 7) is 0.588. The van der Waals surface area contributed by atoms with Crippen LogP contribution < -0.4 is 5.32 Å². The molecule has 0 unspecified atom stereocenters. The number of carbonyl (C=O) groups is 1. The highest BCUT2D eigenvalue weighted by atomic mass is 35.5. The largest absolute Gasteiger partial charge is 0.451 e. The van der Waals surface area contributed by atoms with Crippen LogP contribution in [0.15, 0.2) is 59.0 Å². The van der Waals surface area contributed by atoms with E-state index in [0.717, 1.165) is 33.1 Å². The normalized spacial score (nSPS) is 10.8. The van der Waals surface area contributed by atoms with Crippen LogP contribution in [-0.4, -0.2) is 18.2 Å². The summed E-state index contributed by atoms with van der Waals surface area (Å²) in [5.41, 5.74) is 1.84. The lowest BCUT2D eigenvalue weighted by Crippen LogP contribution is -2.25. The molecule has 1 aromatic heterocycles. The van der Waals surface area contributed by atoms with E-state index in [1.807, 2.05) is 48.5 Å². The average molecular weight is 346 g/mol. The number of nitrogens with one attached hydrogen (secondary N) is 1. The van der Waals surface area contributed by atoms with E-state index in [-0.39, 0.29) is 5.91 Å². The maximum Gasteiger partial charge on any atom is 0.287 e. The van der Waals surface area contributed by atoms with Crippen LogP contribution in [0.4, 0.5) is 0 Å². The Hall–Kier alpha value is -1.91. The van der Waals surface area contributed by atoms with Gasteiger partial charge in [0.15, 0.2) is 5.76 Å². The smallest absolute Gasteiger partial charge is 0.287 e. The van der Waals surface area contributed by atoms with Crippen molar-refractivity contribution in [3.8, 4) is 0 Å². The van der Waals surface area contributed by atoms with Gasteiger partial charge in [0.2, 0.25) is 0 Å². The van der Waals surface area contributed by atoms with Crippen LogP contribution in [0.2, 0.25) is 5.02 Å². The van der Waals surface area contributed by atoms with Gasteiger partial charge in [0.05, 0.1) is 0 Å². The number of hydrogen-bond acceptors (Lipinski definition) is 3. The molecule has 0 radical (unpaired) electrons. The van der Waals surface area contributed by atoms with E-state index in [4.69, 9.17) is 16.0 Å². The molecule has 0 aliphatic heterocycles. The van der Waals surface area contributed by atoms with Crippen molar-refractivity contribution in [2.45, 2.75) is 5.75 Å². The highest BCUT2D eigenvalue weighted by Crippen LogP contribution is 2.21. The first-order chi connectivity index (χ1) is 11.2. The molecule has 5 heteroatoms. The van der Waals surface area contributed by atoms with Crippen molar-refractivity contribution in [1.82, 2.24) is 5.32 Å². The third kappa shape index (κ3) is 4.09. The number of furan rings is 1. The van der Waals surface area contributed by atoms with E-state index in [0.29, 0.717) is 12.3 Å². The fourth-order valence-corrected chi connectivity index (χ4v) is 3.36. The van der Waals surface area contributed by atoms with Gasteiger partial charge in [0.25, 0.3) is 5.91 Å². The Morgan fingerprint density at radius 1 is 1.13 bits per heavy atom. The molecule has 0 atom stereocenters. The maximum atomic E-state index is 12.1. The van der Waals surface area contributed by atoms with Crippen LogP contribution in [0.1, 0.15) is 16.1 Å². The Morgan fingerprint density at radius 2 is 1.91 bits per heavy atom. The van der Waals surface area contributed by atoms with E-state index in [9.17, 15) is 4.79 Å². The summed E-state index contributed by atoms with van der Waals surface area (Å²) in [6, 6.07) is 17.2. The number of fused-ring (bicyclic) bond motifs is 1. The molecule has 0 spiro atoms. The molecular weight excluding hydrogens is 330 g/mol. The average Bonchev–Trinajstić information content (AvgIpc) is 3.00. The van der Waals surface area contributed by atoms with Crippen molar-refractivity contribution in [3.05, 3.63) is 70.9 Å². The number of hydrogen-bond donors (Lipinski definition) is 1. The summed E-state index contributed by atoms with van der Waals surface area (Å²) >= 11 is 7.84. The number of thioether (sulfide) groups is 1. The first-order valence-corrected chi connectivity index (χ1v) is 8.85. The molecule has 3 aromatic rings. The minimum absolute atomic E-state index is 0.181. The van der Waals surface area contributed by atoms with E-state index in [1.54, 1.807) is 17.8 Å². The van der Waals surface area contributed by atoms with Gasteiger partial charge >= 0.3 is 0 Å². The standard InChI is InChI=1S/C18H16ClNO2S/c19-15-7-3-1-6-14(15)12-23-10-9-20-18(21)17-11-13-5-2-4-8-16(13)22-17/h1-8,11H,9-10,12H2,(H,20,21). The summed E-state index contributed by atoms with van der Waals surface area (Å²) < 4.78 is 5.54. The second-order valence-electron chi connectivity index (χ2n) is 5.05. The molecule has 1 heterocycles. The van der Waals surface area contributed by atoms with Crippen molar-refractivity contribution in [1.29, 1.82) is 0 Å². The van der Waals surface area contributed by atoms with Crippen LogP contribution in [-0.2, 0) is 5.75 Å². The van der Waals surface area contributed by atoms with Crippen LogP contribution in [0, 0.1) is 0 Å². The van der Waals surface area contributed by atoms with Gasteiger partial charge in [-0.2, -0.15) is 11.8 Å². The summed E-state index contributed by atoms with van der Waals surface area (Å²) in [6.07, 6.45) is 0. The van der Waals surface area contributed by atoms with Crippen molar-refractivity contribution in [2.75, 3.05) is 12.3 Å². The van der Waals surface area contributed by atoms with Gasteiger partial charge in [-0.25, -0.2) is 0 Å². The number of halogens is 1. The van der Waals surface area contributed by atoms with Crippen LogP contribution in [0.3, 0.4) is 0 Å². The minimum atomic E-state index is -0.181. The van der Waals surface area contributed by atoms with E-state index >= 15 is 0 Å². The second-order valence-corrected chi connectivity index (χ2v) is 6.56. The molecule has 3 nitrogen and oxygen atoms in total.